The first-order valence-corrected chi connectivity index (χ1v) is 7.54. The summed E-state index contributed by atoms with van der Waals surface area (Å²) in [6.45, 7) is 3.76. The van der Waals surface area contributed by atoms with Crippen molar-refractivity contribution < 1.29 is 14.3 Å². The van der Waals surface area contributed by atoms with Gasteiger partial charge >= 0.3 is 5.97 Å². The highest BCUT2D eigenvalue weighted by atomic mass is 35.5. The minimum absolute atomic E-state index is 0.224. The highest BCUT2D eigenvalue weighted by Crippen LogP contribution is 2.21. The van der Waals surface area contributed by atoms with Crippen molar-refractivity contribution in [3.05, 3.63) is 46.6 Å². The van der Waals surface area contributed by atoms with Crippen molar-refractivity contribution >= 4 is 29.3 Å². The zero-order chi connectivity index (χ0) is 17.0. The average molecular weight is 336 g/mol. The molecule has 0 aliphatic rings. The molecule has 122 valence electrons. The number of hydrogen-bond donors (Lipinski definition) is 0. The summed E-state index contributed by atoms with van der Waals surface area (Å²) >= 11 is 6.15. The number of halogens is 1. The van der Waals surface area contributed by atoms with Gasteiger partial charge in [0.05, 0.1) is 13.2 Å². The second kappa shape index (κ2) is 7.28. The van der Waals surface area contributed by atoms with Gasteiger partial charge in [-0.15, -0.1) is 0 Å². The van der Waals surface area contributed by atoms with Gasteiger partial charge in [-0.25, -0.2) is 4.79 Å². The zero-order valence-corrected chi connectivity index (χ0v) is 14.0. The first-order valence-electron chi connectivity index (χ1n) is 7.16. The van der Waals surface area contributed by atoms with Crippen molar-refractivity contribution in [2.45, 2.75) is 20.4 Å². The highest BCUT2D eigenvalue weighted by molar-refractivity contribution is 6.31. The van der Waals surface area contributed by atoms with Crippen LogP contribution < -0.4 is 4.90 Å². The molecule has 0 bridgehead atoms. The van der Waals surface area contributed by atoms with Gasteiger partial charge < -0.3 is 4.74 Å². The first kappa shape index (κ1) is 17.0. The van der Waals surface area contributed by atoms with Crippen molar-refractivity contribution in [1.82, 2.24) is 9.78 Å². The Bertz CT molecular complexity index is 727. The van der Waals surface area contributed by atoms with Crippen LogP contribution in [0.15, 0.2) is 30.5 Å². The number of carbonyl (C=O) groups is 2. The summed E-state index contributed by atoms with van der Waals surface area (Å²) in [5, 5.41) is 4.95. The molecular formula is C16H18ClN3O3. The number of rotatable bonds is 5. The minimum Gasteiger partial charge on any atom is -0.462 e. The molecule has 0 aliphatic heterocycles. The number of esters is 1. The lowest BCUT2D eigenvalue weighted by Gasteiger charge is -2.13. The molecule has 6 nitrogen and oxygen atoms in total. The Morgan fingerprint density at radius 1 is 1.35 bits per heavy atom. The van der Waals surface area contributed by atoms with Crippen LogP contribution >= 0.6 is 11.6 Å². The molecule has 0 aliphatic carbocycles. The van der Waals surface area contributed by atoms with Gasteiger partial charge in [-0.1, -0.05) is 29.8 Å². The van der Waals surface area contributed by atoms with Crippen LogP contribution in [0.5, 0.6) is 0 Å². The maximum absolute atomic E-state index is 12.1. The Kier molecular flexibility index (Phi) is 5.39. The lowest BCUT2D eigenvalue weighted by molar-refractivity contribution is -0.116. The molecule has 1 heterocycles. The van der Waals surface area contributed by atoms with Crippen LogP contribution in [0.3, 0.4) is 0 Å². The molecule has 0 radical (unpaired) electrons. The lowest BCUT2D eigenvalue weighted by Crippen LogP contribution is -2.25. The largest absolute Gasteiger partial charge is 0.462 e. The molecule has 0 N–H and O–H groups in total. The Labute approximate surface area is 139 Å². The Hall–Kier alpha value is -2.34. The summed E-state index contributed by atoms with van der Waals surface area (Å²) in [6, 6.07) is 7.38. The summed E-state index contributed by atoms with van der Waals surface area (Å²) < 4.78 is 6.60. The minimum atomic E-state index is -0.513. The number of nitrogens with zero attached hydrogens (tertiary/aromatic N) is 3. The lowest BCUT2D eigenvalue weighted by atomic mass is 10.2. The average Bonchev–Trinajstić information content (AvgIpc) is 2.93. The van der Waals surface area contributed by atoms with Crippen LogP contribution in [0.4, 0.5) is 5.82 Å². The SMILES string of the molecule is CCOC(=O)c1cn(Cc2ccccc2Cl)nc1N(C)C(C)=O. The first-order chi connectivity index (χ1) is 10.9. The van der Waals surface area contributed by atoms with Crippen molar-refractivity contribution in [2.75, 3.05) is 18.6 Å². The molecule has 23 heavy (non-hydrogen) atoms. The third-order valence-electron chi connectivity index (χ3n) is 3.32. The van der Waals surface area contributed by atoms with Gasteiger partial charge in [0.2, 0.25) is 5.91 Å². The van der Waals surface area contributed by atoms with Crippen LogP contribution in [0, 0.1) is 0 Å². The van der Waals surface area contributed by atoms with Gasteiger partial charge in [0.15, 0.2) is 5.82 Å². The second-order valence-electron chi connectivity index (χ2n) is 4.95. The van der Waals surface area contributed by atoms with Gasteiger partial charge in [0, 0.05) is 25.2 Å². The monoisotopic (exact) mass is 335 g/mol. The molecule has 0 saturated heterocycles. The van der Waals surface area contributed by atoms with E-state index in [1.165, 1.54) is 11.8 Å². The maximum Gasteiger partial charge on any atom is 0.343 e. The number of carbonyl (C=O) groups excluding carboxylic acids is 2. The fraction of sp³-hybridized carbons (Fsp3) is 0.312. The fourth-order valence-electron chi connectivity index (χ4n) is 2.04. The van der Waals surface area contributed by atoms with Gasteiger partial charge in [-0.3, -0.25) is 14.4 Å². The van der Waals surface area contributed by atoms with E-state index in [0.717, 1.165) is 5.56 Å². The summed E-state index contributed by atoms with van der Waals surface area (Å²) in [4.78, 5) is 25.0. The molecule has 1 amide bonds. The zero-order valence-electron chi connectivity index (χ0n) is 13.2. The molecule has 2 aromatic rings. The maximum atomic E-state index is 12.1. The van der Waals surface area contributed by atoms with E-state index >= 15 is 0 Å². The summed E-state index contributed by atoms with van der Waals surface area (Å²) in [5.41, 5.74) is 1.11. The molecule has 0 saturated carbocycles. The second-order valence-corrected chi connectivity index (χ2v) is 5.36. The van der Waals surface area contributed by atoms with E-state index in [0.29, 0.717) is 11.6 Å². The molecule has 1 aromatic carbocycles. The number of anilines is 1. The van der Waals surface area contributed by atoms with Crippen LogP contribution in [-0.2, 0) is 16.1 Å². The number of aromatic nitrogens is 2. The van der Waals surface area contributed by atoms with Gasteiger partial charge in [0.25, 0.3) is 0 Å². The molecule has 0 unspecified atom stereocenters. The smallest absolute Gasteiger partial charge is 0.343 e. The number of hydrogen-bond acceptors (Lipinski definition) is 4. The van der Waals surface area contributed by atoms with E-state index in [2.05, 4.69) is 5.10 Å². The number of ether oxygens (including phenoxy) is 1. The number of amides is 1. The van der Waals surface area contributed by atoms with E-state index in [1.54, 1.807) is 30.9 Å². The van der Waals surface area contributed by atoms with Crippen LogP contribution in [0.25, 0.3) is 0 Å². The predicted molar refractivity (Wildman–Crippen MR) is 87.8 cm³/mol. The highest BCUT2D eigenvalue weighted by Gasteiger charge is 2.22. The third kappa shape index (κ3) is 3.90. The van der Waals surface area contributed by atoms with E-state index in [-0.39, 0.29) is 23.9 Å². The molecule has 2 rings (SSSR count). The van der Waals surface area contributed by atoms with Crippen LogP contribution in [-0.4, -0.2) is 35.3 Å². The van der Waals surface area contributed by atoms with Crippen molar-refractivity contribution in [3.63, 3.8) is 0 Å². The van der Waals surface area contributed by atoms with Gasteiger partial charge in [-0.05, 0) is 18.6 Å². The van der Waals surface area contributed by atoms with Crippen molar-refractivity contribution in [3.8, 4) is 0 Å². The molecule has 0 atom stereocenters. The van der Waals surface area contributed by atoms with Crippen molar-refractivity contribution in [1.29, 1.82) is 0 Å². The number of benzene rings is 1. The quantitative estimate of drug-likeness (QED) is 0.788. The van der Waals surface area contributed by atoms with E-state index in [9.17, 15) is 9.59 Å². The van der Waals surface area contributed by atoms with Crippen molar-refractivity contribution in [2.24, 2.45) is 0 Å². The van der Waals surface area contributed by atoms with Gasteiger partial charge in [-0.2, -0.15) is 5.10 Å². The van der Waals surface area contributed by atoms with Crippen LogP contribution in [0.2, 0.25) is 5.02 Å². The van der Waals surface area contributed by atoms with Gasteiger partial charge in [0.1, 0.15) is 5.56 Å². The van der Waals surface area contributed by atoms with Crippen LogP contribution in [0.1, 0.15) is 29.8 Å². The predicted octanol–water partition coefficient (Wildman–Crippen LogP) is 2.74. The normalized spacial score (nSPS) is 10.4. The fourth-order valence-corrected chi connectivity index (χ4v) is 2.24. The summed E-state index contributed by atoms with van der Waals surface area (Å²) in [6.07, 6.45) is 1.57. The third-order valence-corrected chi connectivity index (χ3v) is 3.69. The standard InChI is InChI=1S/C16H18ClN3O3/c1-4-23-16(22)13-10-20(18-15(13)19(3)11(2)21)9-12-7-5-6-8-14(12)17/h5-8,10H,4,9H2,1-3H3. The molecule has 0 spiro atoms. The van der Waals surface area contributed by atoms with E-state index < -0.39 is 5.97 Å². The summed E-state index contributed by atoms with van der Waals surface area (Å²) in [5.74, 6) is -0.470. The Morgan fingerprint density at radius 2 is 2.04 bits per heavy atom. The topological polar surface area (TPSA) is 64.4 Å². The van der Waals surface area contributed by atoms with E-state index in [1.807, 2.05) is 18.2 Å². The molecule has 0 fully saturated rings. The molecular weight excluding hydrogens is 318 g/mol. The summed E-state index contributed by atoms with van der Waals surface area (Å²) in [7, 11) is 1.56. The Balaban J connectivity index is 2.38. The van der Waals surface area contributed by atoms with E-state index in [4.69, 9.17) is 16.3 Å². The molecule has 1 aromatic heterocycles. The molecule has 7 heteroatoms. The Morgan fingerprint density at radius 3 is 2.65 bits per heavy atom.